The van der Waals surface area contributed by atoms with Gasteiger partial charge in [-0.15, -0.1) is 11.6 Å². The third-order valence-corrected chi connectivity index (χ3v) is 6.68. The molecule has 3 aliphatic rings. The Kier molecular flexibility index (Phi) is 4.16. The Hall–Kier alpha value is -0.440. The summed E-state index contributed by atoms with van der Waals surface area (Å²) in [6.45, 7) is 7.42. The van der Waals surface area contributed by atoms with Crippen LogP contribution in [0.1, 0.15) is 65.7 Å². The van der Waals surface area contributed by atoms with E-state index in [1.54, 1.807) is 0 Å². The molecule has 1 heterocycles. The van der Waals surface area contributed by atoms with Crippen LogP contribution in [-0.4, -0.2) is 35.6 Å². The smallest absolute Gasteiger partial charge is 0.410 e. The lowest BCUT2D eigenvalue weighted by molar-refractivity contribution is -0.125. The maximum atomic E-state index is 12.2. The zero-order valence-electron chi connectivity index (χ0n) is 14.3. The van der Waals surface area contributed by atoms with Gasteiger partial charge in [0.15, 0.2) is 0 Å². The van der Waals surface area contributed by atoms with Crippen LogP contribution in [0.5, 0.6) is 0 Å². The topological polar surface area (TPSA) is 29.5 Å². The van der Waals surface area contributed by atoms with E-state index in [0.29, 0.717) is 16.7 Å². The normalized spacial score (nSPS) is 27.2. The number of hydrogen-bond donors (Lipinski definition) is 0. The molecule has 1 saturated heterocycles. The maximum absolute atomic E-state index is 12.2. The van der Waals surface area contributed by atoms with E-state index in [4.69, 9.17) is 16.3 Å². The fourth-order valence-electron chi connectivity index (χ4n) is 4.97. The molecule has 0 aromatic carbocycles. The van der Waals surface area contributed by atoms with Crippen LogP contribution in [0.25, 0.3) is 0 Å². The Morgan fingerprint density at radius 3 is 2.23 bits per heavy atom. The van der Waals surface area contributed by atoms with Crippen molar-refractivity contribution < 1.29 is 9.53 Å². The molecule has 0 aromatic heterocycles. The Morgan fingerprint density at radius 1 is 1.23 bits per heavy atom. The van der Waals surface area contributed by atoms with Crippen LogP contribution < -0.4 is 0 Å². The number of piperidine rings is 1. The van der Waals surface area contributed by atoms with Gasteiger partial charge >= 0.3 is 6.09 Å². The summed E-state index contributed by atoms with van der Waals surface area (Å²) in [6, 6.07) is 0. The molecule has 2 aliphatic carbocycles. The highest BCUT2D eigenvalue weighted by molar-refractivity contribution is 6.18. The Labute approximate surface area is 139 Å². The van der Waals surface area contributed by atoms with Crippen LogP contribution in [0.2, 0.25) is 0 Å². The fourth-order valence-corrected chi connectivity index (χ4v) is 5.37. The van der Waals surface area contributed by atoms with Crippen molar-refractivity contribution in [3.63, 3.8) is 0 Å². The van der Waals surface area contributed by atoms with Crippen LogP contribution in [0, 0.1) is 16.7 Å². The third kappa shape index (κ3) is 2.98. The van der Waals surface area contributed by atoms with Crippen LogP contribution in [0.4, 0.5) is 4.79 Å². The molecular weight excluding hydrogens is 298 g/mol. The monoisotopic (exact) mass is 327 g/mol. The molecule has 3 nitrogen and oxygen atoms in total. The standard InChI is InChI=1S/C18H30ClNO2/c1-16(2,3)22-15(21)20-9-5-14(6-10-20)18(13-19)11-17(12-18)7-4-8-17/h14H,4-13H2,1-3H3. The van der Waals surface area contributed by atoms with Crippen LogP contribution in [0.3, 0.4) is 0 Å². The van der Waals surface area contributed by atoms with Crippen molar-refractivity contribution in [2.75, 3.05) is 19.0 Å². The number of amides is 1. The number of nitrogens with zero attached hydrogens (tertiary/aromatic N) is 1. The molecule has 0 bridgehead atoms. The fraction of sp³-hybridized carbons (Fsp3) is 0.944. The quantitative estimate of drug-likeness (QED) is 0.680. The van der Waals surface area contributed by atoms with Gasteiger partial charge in [-0.1, -0.05) is 6.42 Å². The summed E-state index contributed by atoms with van der Waals surface area (Å²) < 4.78 is 5.49. The number of halogens is 1. The minimum absolute atomic E-state index is 0.157. The molecule has 3 fully saturated rings. The van der Waals surface area contributed by atoms with E-state index in [1.807, 2.05) is 25.7 Å². The zero-order valence-corrected chi connectivity index (χ0v) is 15.0. The summed E-state index contributed by atoms with van der Waals surface area (Å²) in [5.74, 6) is 1.49. The number of hydrogen-bond acceptors (Lipinski definition) is 2. The minimum Gasteiger partial charge on any atom is -0.444 e. The van der Waals surface area contributed by atoms with Crippen LogP contribution in [0.15, 0.2) is 0 Å². The van der Waals surface area contributed by atoms with Crippen LogP contribution in [-0.2, 0) is 4.74 Å². The summed E-state index contributed by atoms with van der Waals surface area (Å²) in [5, 5.41) is 0. The van der Waals surface area contributed by atoms with Crippen molar-refractivity contribution in [2.24, 2.45) is 16.7 Å². The van der Waals surface area contributed by atoms with Gasteiger partial charge in [0.05, 0.1) is 0 Å². The highest BCUT2D eigenvalue weighted by Gasteiger charge is 2.59. The lowest BCUT2D eigenvalue weighted by atomic mass is 9.42. The molecule has 126 valence electrons. The van der Waals surface area contributed by atoms with Gasteiger partial charge in [-0.25, -0.2) is 4.79 Å². The summed E-state index contributed by atoms with van der Waals surface area (Å²) in [7, 11) is 0. The SMILES string of the molecule is CC(C)(C)OC(=O)N1CCC(C2(CCl)CC3(CCC3)C2)CC1. The van der Waals surface area contributed by atoms with E-state index in [-0.39, 0.29) is 6.09 Å². The lowest BCUT2D eigenvalue weighted by Crippen LogP contribution is -2.57. The first-order valence-electron chi connectivity index (χ1n) is 8.82. The summed E-state index contributed by atoms with van der Waals surface area (Å²) in [4.78, 5) is 14.0. The Balaban J connectivity index is 1.52. The average molecular weight is 328 g/mol. The predicted octanol–water partition coefficient (Wildman–Crippen LogP) is 4.82. The summed E-state index contributed by atoms with van der Waals surface area (Å²) >= 11 is 6.38. The number of carbonyl (C=O) groups is 1. The molecule has 1 amide bonds. The summed E-state index contributed by atoms with van der Waals surface area (Å²) in [5.41, 5.74) is 0.620. The van der Waals surface area contributed by atoms with Crippen molar-refractivity contribution in [3.05, 3.63) is 0 Å². The van der Waals surface area contributed by atoms with Crippen molar-refractivity contribution >= 4 is 17.7 Å². The molecule has 3 rings (SSSR count). The molecule has 22 heavy (non-hydrogen) atoms. The maximum Gasteiger partial charge on any atom is 0.410 e. The highest BCUT2D eigenvalue weighted by Crippen LogP contribution is 2.68. The number of carbonyl (C=O) groups excluding carboxylic acids is 1. The lowest BCUT2D eigenvalue weighted by Gasteiger charge is -2.64. The molecule has 1 aliphatic heterocycles. The second-order valence-electron chi connectivity index (χ2n) is 8.94. The van der Waals surface area contributed by atoms with Gasteiger partial charge in [-0.05, 0) is 76.0 Å². The largest absolute Gasteiger partial charge is 0.444 e. The first-order valence-corrected chi connectivity index (χ1v) is 9.35. The third-order valence-electron chi connectivity index (χ3n) is 6.15. The second kappa shape index (κ2) is 5.58. The van der Waals surface area contributed by atoms with Gasteiger partial charge in [0.2, 0.25) is 0 Å². The van der Waals surface area contributed by atoms with E-state index < -0.39 is 5.60 Å². The van der Waals surface area contributed by atoms with Crippen molar-refractivity contribution in [1.82, 2.24) is 4.90 Å². The molecule has 1 spiro atoms. The molecule has 0 unspecified atom stereocenters. The first kappa shape index (κ1) is 16.4. The summed E-state index contributed by atoms with van der Waals surface area (Å²) in [6.07, 6.45) is 8.93. The van der Waals surface area contributed by atoms with Gasteiger partial charge < -0.3 is 9.64 Å². The Bertz CT molecular complexity index is 423. The first-order chi connectivity index (χ1) is 10.3. The minimum atomic E-state index is -0.407. The van der Waals surface area contributed by atoms with Gasteiger partial charge in [-0.2, -0.15) is 0 Å². The van der Waals surface area contributed by atoms with E-state index in [9.17, 15) is 4.79 Å². The number of likely N-dealkylation sites (tertiary alicyclic amines) is 1. The van der Waals surface area contributed by atoms with Gasteiger partial charge in [0, 0.05) is 19.0 Å². The molecule has 0 radical (unpaired) electrons. The van der Waals surface area contributed by atoms with E-state index in [2.05, 4.69) is 0 Å². The molecular formula is C18H30ClNO2. The Morgan fingerprint density at radius 2 is 1.82 bits per heavy atom. The number of ether oxygens (including phenoxy) is 1. The molecule has 2 saturated carbocycles. The second-order valence-corrected chi connectivity index (χ2v) is 9.21. The molecule has 4 heteroatoms. The van der Waals surface area contributed by atoms with Gasteiger partial charge in [0.25, 0.3) is 0 Å². The molecule has 0 N–H and O–H groups in total. The number of alkyl halides is 1. The van der Waals surface area contributed by atoms with Gasteiger partial charge in [0.1, 0.15) is 5.60 Å². The average Bonchev–Trinajstić information content (AvgIpc) is 2.35. The number of rotatable bonds is 2. The van der Waals surface area contributed by atoms with Crippen molar-refractivity contribution in [3.8, 4) is 0 Å². The van der Waals surface area contributed by atoms with Crippen molar-refractivity contribution in [2.45, 2.75) is 71.3 Å². The molecule has 0 atom stereocenters. The zero-order chi connectivity index (χ0) is 16.0. The van der Waals surface area contributed by atoms with Crippen LogP contribution >= 0.6 is 11.6 Å². The van der Waals surface area contributed by atoms with Gasteiger partial charge in [-0.3, -0.25) is 0 Å². The van der Waals surface area contributed by atoms with E-state index in [1.165, 1.54) is 32.1 Å². The van der Waals surface area contributed by atoms with Crippen molar-refractivity contribution in [1.29, 1.82) is 0 Å². The van der Waals surface area contributed by atoms with E-state index in [0.717, 1.165) is 31.8 Å². The molecule has 0 aromatic rings. The van der Waals surface area contributed by atoms with E-state index >= 15 is 0 Å². The highest BCUT2D eigenvalue weighted by atomic mass is 35.5. The predicted molar refractivity (Wildman–Crippen MR) is 89.2 cm³/mol.